The number of methoxy groups -OCH3 is 2. The molecule has 1 aromatic carbocycles. The van der Waals surface area contributed by atoms with Crippen LogP contribution in [0.25, 0.3) is 0 Å². The molecule has 0 radical (unpaired) electrons. The van der Waals surface area contributed by atoms with Crippen LogP contribution >= 0.6 is 0 Å². The number of phenolic OH excluding ortho intramolecular Hbond substituents is 1. The van der Waals surface area contributed by atoms with Crippen LogP contribution in [0.4, 0.5) is 0 Å². The summed E-state index contributed by atoms with van der Waals surface area (Å²) in [6.45, 7) is 1.15. The first-order valence-corrected chi connectivity index (χ1v) is 7.38. The van der Waals surface area contributed by atoms with Crippen molar-refractivity contribution in [3.8, 4) is 5.75 Å². The van der Waals surface area contributed by atoms with Crippen LogP contribution in [0.15, 0.2) is 18.2 Å². The van der Waals surface area contributed by atoms with Gasteiger partial charge < -0.3 is 29.9 Å². The summed E-state index contributed by atoms with van der Waals surface area (Å²) in [6.07, 6.45) is -0.0914. The van der Waals surface area contributed by atoms with Gasteiger partial charge in [-0.3, -0.25) is 9.59 Å². The monoisotopic (exact) mass is 354 g/mol. The second-order valence-electron chi connectivity index (χ2n) is 5.44. The standard InChI is InChI=1S/C15H20N2O5.CH2O2/c1-17-7-12(13(8-17)21-2)16-14(19)9-4-10(15(20)22-3)6-11(18)5-9;2-1-3/h4-6,12-13,18H,7-8H2,1-3H3,(H,16,19);1H,(H,2,3)/t12-,13-;/m0./s1. The molecule has 1 aromatic rings. The molecule has 0 saturated carbocycles. The van der Waals surface area contributed by atoms with Crippen LogP contribution in [0.2, 0.25) is 0 Å². The fourth-order valence-corrected chi connectivity index (χ4v) is 2.57. The van der Waals surface area contributed by atoms with Gasteiger partial charge in [0.25, 0.3) is 12.4 Å². The highest BCUT2D eigenvalue weighted by Crippen LogP contribution is 2.18. The smallest absolute Gasteiger partial charge is 0.338 e. The van der Waals surface area contributed by atoms with Crippen molar-refractivity contribution in [2.75, 3.05) is 34.4 Å². The van der Waals surface area contributed by atoms with E-state index in [4.69, 9.17) is 14.6 Å². The predicted octanol–water partition coefficient (Wildman–Crippen LogP) is -0.0616. The number of rotatable bonds is 4. The van der Waals surface area contributed by atoms with E-state index in [-0.39, 0.29) is 41.4 Å². The summed E-state index contributed by atoms with van der Waals surface area (Å²) in [5, 5.41) is 19.4. The highest BCUT2D eigenvalue weighted by atomic mass is 16.5. The molecule has 0 aromatic heterocycles. The molecule has 1 heterocycles. The second kappa shape index (κ2) is 9.60. The van der Waals surface area contributed by atoms with Gasteiger partial charge in [0.2, 0.25) is 0 Å². The maximum Gasteiger partial charge on any atom is 0.338 e. The quantitative estimate of drug-likeness (QED) is 0.507. The van der Waals surface area contributed by atoms with E-state index in [9.17, 15) is 14.7 Å². The van der Waals surface area contributed by atoms with Crippen molar-refractivity contribution in [3.63, 3.8) is 0 Å². The molecule has 3 N–H and O–H groups in total. The number of amides is 1. The number of likely N-dealkylation sites (N-methyl/N-ethyl adjacent to an activating group) is 1. The first-order valence-electron chi connectivity index (χ1n) is 7.38. The molecule has 25 heavy (non-hydrogen) atoms. The zero-order valence-electron chi connectivity index (χ0n) is 14.3. The van der Waals surface area contributed by atoms with Gasteiger partial charge in [0, 0.05) is 25.8 Å². The van der Waals surface area contributed by atoms with Crippen molar-refractivity contribution in [2.45, 2.75) is 12.1 Å². The van der Waals surface area contributed by atoms with E-state index < -0.39 is 5.97 Å². The number of carbonyl (C=O) groups is 3. The first-order chi connectivity index (χ1) is 11.9. The number of hydrogen-bond acceptors (Lipinski definition) is 7. The van der Waals surface area contributed by atoms with Gasteiger partial charge in [-0.2, -0.15) is 0 Å². The van der Waals surface area contributed by atoms with Crippen LogP contribution in [0.3, 0.4) is 0 Å². The van der Waals surface area contributed by atoms with E-state index in [0.717, 1.165) is 6.54 Å². The Morgan fingerprint density at radius 3 is 2.40 bits per heavy atom. The molecule has 0 spiro atoms. The minimum atomic E-state index is -0.611. The summed E-state index contributed by atoms with van der Waals surface area (Å²) in [7, 11) is 4.79. The van der Waals surface area contributed by atoms with Crippen molar-refractivity contribution in [3.05, 3.63) is 29.3 Å². The number of benzene rings is 1. The van der Waals surface area contributed by atoms with Crippen LogP contribution in [0.1, 0.15) is 20.7 Å². The third-order valence-electron chi connectivity index (χ3n) is 3.67. The molecule has 1 amide bonds. The topological polar surface area (TPSA) is 125 Å². The molecule has 9 heteroatoms. The maximum absolute atomic E-state index is 12.3. The summed E-state index contributed by atoms with van der Waals surface area (Å²) < 4.78 is 9.95. The van der Waals surface area contributed by atoms with Crippen LogP contribution in [-0.4, -0.2) is 80.0 Å². The number of ether oxygens (including phenoxy) is 2. The van der Waals surface area contributed by atoms with E-state index in [1.54, 1.807) is 7.11 Å². The Morgan fingerprint density at radius 2 is 1.84 bits per heavy atom. The number of nitrogens with zero attached hydrogens (tertiary/aromatic N) is 1. The van der Waals surface area contributed by atoms with E-state index in [2.05, 4.69) is 15.0 Å². The van der Waals surface area contributed by atoms with E-state index in [1.807, 2.05) is 7.05 Å². The zero-order chi connectivity index (χ0) is 19.0. The summed E-state index contributed by atoms with van der Waals surface area (Å²) in [5.74, 6) is -1.15. The molecule has 0 bridgehead atoms. The van der Waals surface area contributed by atoms with Crippen LogP contribution in [0.5, 0.6) is 5.75 Å². The molecule has 0 aliphatic carbocycles. The van der Waals surface area contributed by atoms with Gasteiger partial charge in [0.1, 0.15) is 5.75 Å². The average Bonchev–Trinajstić information content (AvgIpc) is 2.93. The molecule has 1 saturated heterocycles. The molecule has 2 atom stereocenters. The molecular weight excluding hydrogens is 332 g/mol. The summed E-state index contributed by atoms with van der Waals surface area (Å²) in [5.41, 5.74) is 0.323. The number of likely N-dealkylation sites (tertiary alicyclic amines) is 1. The van der Waals surface area contributed by atoms with Gasteiger partial charge in [0.15, 0.2) is 0 Å². The first kappa shape index (κ1) is 20.4. The fraction of sp³-hybridized carbons (Fsp3) is 0.438. The number of nitrogens with one attached hydrogen (secondary N) is 1. The molecule has 138 valence electrons. The van der Waals surface area contributed by atoms with Gasteiger partial charge in [-0.25, -0.2) is 4.79 Å². The van der Waals surface area contributed by atoms with E-state index >= 15 is 0 Å². The zero-order valence-corrected chi connectivity index (χ0v) is 14.3. The lowest BCUT2D eigenvalue weighted by molar-refractivity contribution is -0.122. The second-order valence-corrected chi connectivity index (χ2v) is 5.44. The van der Waals surface area contributed by atoms with Gasteiger partial charge in [0.05, 0.1) is 24.8 Å². The maximum atomic E-state index is 12.3. The molecule has 1 fully saturated rings. The van der Waals surface area contributed by atoms with Crippen LogP contribution < -0.4 is 5.32 Å². The van der Waals surface area contributed by atoms with Crippen LogP contribution in [-0.2, 0) is 14.3 Å². The lowest BCUT2D eigenvalue weighted by atomic mass is 10.1. The van der Waals surface area contributed by atoms with E-state index in [0.29, 0.717) is 6.54 Å². The number of carboxylic acid groups (broad SMARTS) is 1. The summed E-state index contributed by atoms with van der Waals surface area (Å²) in [4.78, 5) is 34.3. The third kappa shape index (κ3) is 5.73. The molecule has 1 aliphatic rings. The van der Waals surface area contributed by atoms with Gasteiger partial charge in [-0.15, -0.1) is 0 Å². The number of carbonyl (C=O) groups excluding carboxylic acids is 2. The predicted molar refractivity (Wildman–Crippen MR) is 87.7 cm³/mol. The molecule has 2 rings (SSSR count). The van der Waals surface area contributed by atoms with Crippen molar-refractivity contribution < 1.29 is 34.1 Å². The summed E-state index contributed by atoms with van der Waals surface area (Å²) >= 11 is 0. The fourth-order valence-electron chi connectivity index (χ4n) is 2.57. The lowest BCUT2D eigenvalue weighted by Crippen LogP contribution is -2.43. The number of esters is 1. The van der Waals surface area contributed by atoms with Gasteiger partial charge in [-0.1, -0.05) is 0 Å². The Balaban J connectivity index is 0.000000970. The molecule has 1 aliphatic heterocycles. The Kier molecular flexibility index (Phi) is 7.83. The third-order valence-corrected chi connectivity index (χ3v) is 3.67. The molecule has 9 nitrogen and oxygen atoms in total. The molecule has 0 unspecified atom stereocenters. The highest BCUT2D eigenvalue weighted by Gasteiger charge is 2.32. The normalized spacial score (nSPS) is 19.5. The number of hydrogen-bond donors (Lipinski definition) is 3. The Morgan fingerprint density at radius 1 is 1.24 bits per heavy atom. The van der Waals surface area contributed by atoms with Gasteiger partial charge in [-0.05, 0) is 25.2 Å². The highest BCUT2D eigenvalue weighted by molar-refractivity contribution is 5.98. The summed E-state index contributed by atoms with van der Waals surface area (Å²) in [6, 6.07) is 3.81. The Labute approximate surface area is 145 Å². The largest absolute Gasteiger partial charge is 0.508 e. The van der Waals surface area contributed by atoms with Crippen molar-refractivity contribution in [2.24, 2.45) is 0 Å². The minimum Gasteiger partial charge on any atom is -0.508 e. The van der Waals surface area contributed by atoms with Crippen molar-refractivity contribution >= 4 is 18.3 Å². The number of aromatic hydroxyl groups is 1. The SMILES string of the molecule is COC(=O)c1cc(O)cc(C(=O)N[C@H]2CN(C)C[C@@H]2OC)c1.O=CO. The number of phenols is 1. The van der Waals surface area contributed by atoms with Crippen LogP contribution in [0, 0.1) is 0 Å². The van der Waals surface area contributed by atoms with Crippen molar-refractivity contribution in [1.82, 2.24) is 10.2 Å². The molecular formula is C16H22N2O7. The lowest BCUT2D eigenvalue weighted by Gasteiger charge is -2.18. The Hall–Kier alpha value is -2.65. The van der Waals surface area contributed by atoms with Crippen molar-refractivity contribution in [1.29, 1.82) is 0 Å². The average molecular weight is 354 g/mol. The Bertz CT molecular complexity index is 621. The minimum absolute atomic E-state index is 0.0914. The van der Waals surface area contributed by atoms with Gasteiger partial charge >= 0.3 is 5.97 Å². The van der Waals surface area contributed by atoms with E-state index in [1.165, 1.54) is 25.3 Å².